The fraction of sp³-hybridized carbons (Fsp3) is 0.300. The van der Waals surface area contributed by atoms with Crippen molar-refractivity contribution in [2.75, 3.05) is 20.8 Å². The fourth-order valence-electron chi connectivity index (χ4n) is 2.69. The molecule has 0 saturated carbocycles. The average Bonchev–Trinajstić information content (AvgIpc) is 2.66. The highest BCUT2D eigenvalue weighted by molar-refractivity contribution is 5.97. The third-order valence-electron chi connectivity index (χ3n) is 4.11. The van der Waals surface area contributed by atoms with Crippen LogP contribution in [0.2, 0.25) is 0 Å². The predicted octanol–water partition coefficient (Wildman–Crippen LogP) is 2.84. The molecular weight excluding hydrogens is 348 g/mol. The number of methoxy groups -OCH3 is 2. The number of rotatable bonds is 6. The van der Waals surface area contributed by atoms with Crippen molar-refractivity contribution in [1.82, 2.24) is 0 Å². The third-order valence-corrected chi connectivity index (χ3v) is 4.11. The molecule has 1 atom stereocenters. The SMILES string of the molecule is CO/C1=C/C/C(CO/C(=N\N)c2cccc(C(=O)O)c2)=C\C(OC)C=C1C. The van der Waals surface area contributed by atoms with Crippen molar-refractivity contribution < 1.29 is 24.1 Å². The molecule has 1 aromatic carbocycles. The average molecular weight is 372 g/mol. The van der Waals surface area contributed by atoms with E-state index in [0.29, 0.717) is 12.0 Å². The molecule has 27 heavy (non-hydrogen) atoms. The zero-order valence-corrected chi connectivity index (χ0v) is 15.6. The fourth-order valence-corrected chi connectivity index (χ4v) is 2.69. The Morgan fingerprint density at radius 1 is 1.30 bits per heavy atom. The number of carbonyl (C=O) groups is 1. The van der Waals surface area contributed by atoms with E-state index in [2.05, 4.69) is 5.10 Å². The van der Waals surface area contributed by atoms with E-state index in [1.165, 1.54) is 12.1 Å². The maximum Gasteiger partial charge on any atom is 0.335 e. The van der Waals surface area contributed by atoms with Crippen LogP contribution in [0.25, 0.3) is 0 Å². The van der Waals surface area contributed by atoms with Crippen molar-refractivity contribution in [2.45, 2.75) is 19.4 Å². The Balaban J connectivity index is 2.18. The first-order chi connectivity index (χ1) is 13.0. The standard InChI is InChI=1S/C20H24N2O5/c1-13-9-17(25-2)10-14(7-8-18(13)26-3)12-27-19(22-21)15-5-4-6-16(11-15)20(23)24/h4-6,8-11,17H,7,12,21H2,1-3H3,(H,23,24)/b13-9?,14-10+,18-8+,22-19-. The van der Waals surface area contributed by atoms with Crippen LogP contribution >= 0.6 is 0 Å². The summed E-state index contributed by atoms with van der Waals surface area (Å²) in [6, 6.07) is 6.27. The van der Waals surface area contributed by atoms with Crippen molar-refractivity contribution in [2.24, 2.45) is 10.9 Å². The molecule has 7 nitrogen and oxygen atoms in total. The lowest BCUT2D eigenvalue weighted by Gasteiger charge is -2.17. The highest BCUT2D eigenvalue weighted by Gasteiger charge is 2.14. The van der Waals surface area contributed by atoms with Gasteiger partial charge in [0.15, 0.2) is 0 Å². The lowest BCUT2D eigenvalue weighted by Crippen LogP contribution is -2.15. The third kappa shape index (κ3) is 5.46. The van der Waals surface area contributed by atoms with Crippen molar-refractivity contribution in [1.29, 1.82) is 0 Å². The van der Waals surface area contributed by atoms with Crippen LogP contribution in [0, 0.1) is 0 Å². The molecule has 1 aromatic rings. The van der Waals surface area contributed by atoms with Crippen molar-refractivity contribution in [3.05, 3.63) is 70.5 Å². The summed E-state index contributed by atoms with van der Waals surface area (Å²) in [5.41, 5.74) is 2.58. The van der Waals surface area contributed by atoms with E-state index < -0.39 is 5.97 Å². The van der Waals surface area contributed by atoms with Crippen molar-refractivity contribution >= 4 is 11.9 Å². The van der Waals surface area contributed by atoms with Gasteiger partial charge in [-0.2, -0.15) is 0 Å². The smallest absolute Gasteiger partial charge is 0.335 e. The van der Waals surface area contributed by atoms with Gasteiger partial charge in [-0.05, 0) is 60.9 Å². The summed E-state index contributed by atoms with van der Waals surface area (Å²) in [5, 5.41) is 12.8. The number of nitrogens with zero attached hydrogens (tertiary/aromatic N) is 1. The number of aromatic carboxylic acids is 1. The second-order valence-corrected chi connectivity index (χ2v) is 5.96. The van der Waals surface area contributed by atoms with E-state index in [0.717, 1.165) is 16.9 Å². The zero-order valence-electron chi connectivity index (χ0n) is 15.6. The highest BCUT2D eigenvalue weighted by atomic mass is 16.5. The molecule has 0 amide bonds. The molecule has 0 aliphatic heterocycles. The zero-order chi connectivity index (χ0) is 19.8. The Morgan fingerprint density at radius 2 is 2.04 bits per heavy atom. The summed E-state index contributed by atoms with van der Waals surface area (Å²) in [6.45, 7) is 2.19. The number of carboxylic acids is 1. The van der Waals surface area contributed by atoms with Crippen LogP contribution in [0.1, 0.15) is 29.3 Å². The first kappa shape index (κ1) is 20.3. The summed E-state index contributed by atoms with van der Waals surface area (Å²) >= 11 is 0. The van der Waals surface area contributed by atoms with E-state index in [4.69, 9.17) is 25.2 Å². The van der Waals surface area contributed by atoms with Crippen LogP contribution in [0.5, 0.6) is 0 Å². The van der Waals surface area contributed by atoms with Crippen LogP contribution in [0.15, 0.2) is 64.5 Å². The summed E-state index contributed by atoms with van der Waals surface area (Å²) in [5.74, 6) is 5.36. The molecule has 2 rings (SSSR count). The largest absolute Gasteiger partial charge is 0.497 e. The maximum absolute atomic E-state index is 11.1. The minimum absolute atomic E-state index is 0.134. The molecule has 0 heterocycles. The first-order valence-corrected chi connectivity index (χ1v) is 8.38. The van der Waals surface area contributed by atoms with Crippen LogP contribution < -0.4 is 5.84 Å². The van der Waals surface area contributed by atoms with E-state index in [-0.39, 0.29) is 24.2 Å². The van der Waals surface area contributed by atoms with Crippen LogP contribution in [0.4, 0.5) is 0 Å². The van der Waals surface area contributed by atoms with Gasteiger partial charge in [-0.25, -0.2) is 4.79 Å². The quantitative estimate of drug-likeness (QED) is 0.262. The van der Waals surface area contributed by atoms with E-state index in [1.54, 1.807) is 26.4 Å². The molecule has 1 aliphatic carbocycles. The molecule has 1 aliphatic rings. The minimum atomic E-state index is -1.03. The highest BCUT2D eigenvalue weighted by Crippen LogP contribution is 2.20. The number of ether oxygens (including phenoxy) is 3. The monoisotopic (exact) mass is 372 g/mol. The van der Waals surface area contributed by atoms with Crippen molar-refractivity contribution in [3.63, 3.8) is 0 Å². The number of hydrogen-bond donors (Lipinski definition) is 2. The van der Waals surface area contributed by atoms with Gasteiger partial charge in [0.1, 0.15) is 12.4 Å². The van der Waals surface area contributed by atoms with Gasteiger partial charge in [0.05, 0.1) is 18.8 Å². The number of hydrogen-bond acceptors (Lipinski definition) is 6. The second kappa shape index (κ2) is 9.59. The van der Waals surface area contributed by atoms with Crippen molar-refractivity contribution in [3.8, 4) is 0 Å². The molecule has 0 bridgehead atoms. The van der Waals surface area contributed by atoms with Gasteiger partial charge in [0.2, 0.25) is 5.90 Å². The Kier molecular flexibility index (Phi) is 7.19. The minimum Gasteiger partial charge on any atom is -0.497 e. The molecular formula is C20H24N2O5. The lowest BCUT2D eigenvalue weighted by atomic mass is 10.0. The number of nitrogens with two attached hydrogens (primary N) is 1. The normalized spacial score (nSPS) is 21.7. The van der Waals surface area contributed by atoms with E-state index in [1.807, 2.05) is 25.2 Å². The van der Waals surface area contributed by atoms with Gasteiger partial charge < -0.3 is 25.2 Å². The maximum atomic E-state index is 11.1. The predicted molar refractivity (Wildman–Crippen MR) is 102 cm³/mol. The molecule has 7 heteroatoms. The summed E-state index contributed by atoms with van der Waals surface area (Å²) < 4.78 is 16.6. The van der Waals surface area contributed by atoms with E-state index in [9.17, 15) is 4.79 Å². The van der Waals surface area contributed by atoms with Gasteiger partial charge in [-0.1, -0.05) is 6.07 Å². The molecule has 0 fully saturated rings. The molecule has 0 spiro atoms. The molecule has 0 radical (unpaired) electrons. The Morgan fingerprint density at radius 3 is 2.67 bits per heavy atom. The van der Waals surface area contributed by atoms with Crippen LogP contribution in [0.3, 0.4) is 0 Å². The number of carboxylic acid groups (broad SMARTS) is 1. The lowest BCUT2D eigenvalue weighted by molar-refractivity contribution is 0.0697. The second-order valence-electron chi connectivity index (χ2n) is 5.96. The van der Waals surface area contributed by atoms with Gasteiger partial charge in [0, 0.05) is 12.7 Å². The van der Waals surface area contributed by atoms with Crippen LogP contribution in [-0.4, -0.2) is 43.9 Å². The van der Waals surface area contributed by atoms with Gasteiger partial charge in [-0.15, -0.1) is 5.10 Å². The topological polar surface area (TPSA) is 103 Å². The Bertz CT molecular complexity index is 808. The molecule has 0 saturated heterocycles. The summed E-state index contributed by atoms with van der Waals surface area (Å²) in [7, 11) is 3.26. The Hall–Kier alpha value is -3.06. The van der Waals surface area contributed by atoms with Gasteiger partial charge in [-0.3, -0.25) is 0 Å². The number of hydrazone groups is 1. The molecule has 1 unspecified atom stereocenters. The molecule has 3 N–H and O–H groups in total. The summed E-state index contributed by atoms with van der Waals surface area (Å²) in [6.07, 6.45) is 6.30. The summed E-state index contributed by atoms with van der Waals surface area (Å²) in [4.78, 5) is 11.1. The van der Waals surface area contributed by atoms with Gasteiger partial charge in [0.25, 0.3) is 0 Å². The number of allylic oxidation sites excluding steroid dienone is 2. The van der Waals surface area contributed by atoms with Gasteiger partial charge >= 0.3 is 5.97 Å². The van der Waals surface area contributed by atoms with E-state index >= 15 is 0 Å². The number of benzene rings is 1. The Labute approximate surface area is 158 Å². The molecule has 0 aromatic heterocycles. The van der Waals surface area contributed by atoms with Crippen LogP contribution in [-0.2, 0) is 14.2 Å². The molecule has 144 valence electrons. The first-order valence-electron chi connectivity index (χ1n) is 8.38.